The predicted molar refractivity (Wildman–Crippen MR) is 115 cm³/mol. The van der Waals surface area contributed by atoms with Crippen LogP contribution in [0.2, 0.25) is 5.15 Å². The smallest absolute Gasteiger partial charge is 0.189 e. The van der Waals surface area contributed by atoms with Gasteiger partial charge in [-0.15, -0.1) is 0 Å². The van der Waals surface area contributed by atoms with E-state index in [1.54, 1.807) is 52.7 Å². The maximum Gasteiger partial charge on any atom is 0.189 e. The van der Waals surface area contributed by atoms with Crippen molar-refractivity contribution in [1.82, 2.24) is 4.98 Å². The van der Waals surface area contributed by atoms with E-state index in [-0.39, 0.29) is 5.78 Å². The van der Waals surface area contributed by atoms with Crippen LogP contribution >= 0.6 is 11.6 Å². The Balaban J connectivity index is 1.79. The van der Waals surface area contributed by atoms with Crippen LogP contribution in [0.4, 0.5) is 0 Å². The number of allylic oxidation sites excluding steroid dienone is 1. The number of halogens is 1. The molecule has 1 aromatic heterocycles. The Bertz CT molecular complexity index is 1200. The first kappa shape index (κ1) is 20.0. The van der Waals surface area contributed by atoms with Crippen molar-refractivity contribution in [2.24, 2.45) is 0 Å². The van der Waals surface area contributed by atoms with E-state index in [1.165, 1.54) is 0 Å². The van der Waals surface area contributed by atoms with Crippen LogP contribution in [0.25, 0.3) is 17.0 Å². The fourth-order valence-corrected chi connectivity index (χ4v) is 3.92. The highest BCUT2D eigenvalue weighted by Gasteiger charge is 2.29. The SMILES string of the molecule is COc1cc2cc(/C=C3\Cc4c(ccc(OC)c4OC)C3=O)c(Cl)nc2cc1OC. The van der Waals surface area contributed by atoms with Gasteiger partial charge < -0.3 is 18.9 Å². The molecule has 6 nitrogen and oxygen atoms in total. The summed E-state index contributed by atoms with van der Waals surface area (Å²) in [7, 11) is 6.28. The summed E-state index contributed by atoms with van der Waals surface area (Å²) in [4.78, 5) is 17.4. The van der Waals surface area contributed by atoms with Gasteiger partial charge in [0.05, 0.1) is 34.0 Å². The van der Waals surface area contributed by atoms with Gasteiger partial charge in [0.15, 0.2) is 28.8 Å². The van der Waals surface area contributed by atoms with Gasteiger partial charge in [-0.3, -0.25) is 4.79 Å². The third-order valence-corrected chi connectivity index (χ3v) is 5.49. The van der Waals surface area contributed by atoms with Crippen LogP contribution in [0.1, 0.15) is 21.5 Å². The fraction of sp³-hybridized carbons (Fsp3) is 0.217. The van der Waals surface area contributed by atoms with E-state index in [1.807, 2.05) is 12.1 Å². The fourth-order valence-electron chi connectivity index (χ4n) is 3.72. The molecule has 154 valence electrons. The van der Waals surface area contributed by atoms with E-state index < -0.39 is 0 Å². The zero-order valence-electron chi connectivity index (χ0n) is 17.0. The molecule has 0 bridgehead atoms. The van der Waals surface area contributed by atoms with Crippen LogP contribution in [-0.4, -0.2) is 39.2 Å². The first-order valence-electron chi connectivity index (χ1n) is 9.22. The third kappa shape index (κ3) is 3.23. The van der Waals surface area contributed by atoms with Gasteiger partial charge in [-0.05, 0) is 30.3 Å². The maximum absolute atomic E-state index is 13.0. The normalized spacial score (nSPS) is 14.2. The Morgan fingerprint density at radius 3 is 2.30 bits per heavy atom. The second-order valence-electron chi connectivity index (χ2n) is 6.77. The molecule has 7 heteroatoms. The number of ether oxygens (including phenoxy) is 4. The molecule has 4 rings (SSSR count). The van der Waals surface area contributed by atoms with E-state index in [2.05, 4.69) is 4.98 Å². The van der Waals surface area contributed by atoms with Gasteiger partial charge in [-0.25, -0.2) is 4.98 Å². The van der Waals surface area contributed by atoms with E-state index in [9.17, 15) is 4.79 Å². The van der Waals surface area contributed by atoms with Crippen LogP contribution in [0, 0.1) is 0 Å². The molecule has 0 spiro atoms. The lowest BCUT2D eigenvalue weighted by Crippen LogP contribution is -1.97. The minimum Gasteiger partial charge on any atom is -0.493 e. The number of carbonyl (C=O) groups is 1. The van der Waals surface area contributed by atoms with Crippen LogP contribution in [0.3, 0.4) is 0 Å². The standard InChI is InChI=1S/C23H20ClNO5/c1-27-18-6-5-15-16(22(18)30-4)9-13(21(15)26)8-14-7-12-10-19(28-2)20(29-3)11-17(12)25-23(14)24/h5-8,10-11H,9H2,1-4H3/b13-8+. The molecule has 0 atom stereocenters. The highest BCUT2D eigenvalue weighted by Crippen LogP contribution is 2.41. The number of rotatable bonds is 5. The van der Waals surface area contributed by atoms with E-state index in [0.29, 0.717) is 56.8 Å². The van der Waals surface area contributed by atoms with Gasteiger partial charge >= 0.3 is 0 Å². The van der Waals surface area contributed by atoms with E-state index >= 15 is 0 Å². The van der Waals surface area contributed by atoms with E-state index in [4.69, 9.17) is 30.5 Å². The molecule has 2 aromatic carbocycles. The van der Waals surface area contributed by atoms with E-state index in [0.717, 1.165) is 10.9 Å². The van der Waals surface area contributed by atoms with Gasteiger partial charge in [0.25, 0.3) is 0 Å². The number of benzene rings is 2. The van der Waals surface area contributed by atoms with Crippen molar-refractivity contribution in [3.63, 3.8) is 0 Å². The summed E-state index contributed by atoms with van der Waals surface area (Å²) in [5, 5.41) is 1.13. The number of carbonyl (C=O) groups excluding carboxylic acids is 1. The number of methoxy groups -OCH3 is 4. The molecule has 0 radical (unpaired) electrons. The average Bonchev–Trinajstić information content (AvgIpc) is 3.07. The monoisotopic (exact) mass is 425 g/mol. The van der Waals surface area contributed by atoms with Gasteiger partial charge in [-0.2, -0.15) is 0 Å². The first-order valence-corrected chi connectivity index (χ1v) is 9.59. The Hall–Kier alpha value is -3.25. The molecule has 30 heavy (non-hydrogen) atoms. The number of hydrogen-bond donors (Lipinski definition) is 0. The van der Waals surface area contributed by atoms with Crippen LogP contribution in [0.5, 0.6) is 23.0 Å². The summed E-state index contributed by atoms with van der Waals surface area (Å²) in [5.74, 6) is 2.27. The summed E-state index contributed by atoms with van der Waals surface area (Å²) >= 11 is 6.43. The lowest BCUT2D eigenvalue weighted by atomic mass is 10.1. The van der Waals surface area contributed by atoms with Gasteiger partial charge in [0.2, 0.25) is 0 Å². The van der Waals surface area contributed by atoms with Crippen LogP contribution in [0.15, 0.2) is 35.9 Å². The molecule has 0 aliphatic heterocycles. The second-order valence-corrected chi connectivity index (χ2v) is 7.13. The number of hydrogen-bond acceptors (Lipinski definition) is 6. The van der Waals surface area contributed by atoms with Crippen LogP contribution in [-0.2, 0) is 6.42 Å². The number of fused-ring (bicyclic) bond motifs is 2. The lowest BCUT2D eigenvalue weighted by molar-refractivity contribution is 0.104. The highest BCUT2D eigenvalue weighted by atomic mass is 35.5. The highest BCUT2D eigenvalue weighted by molar-refractivity contribution is 6.31. The Labute approximate surface area is 179 Å². The van der Waals surface area contributed by atoms with Gasteiger partial charge in [0, 0.05) is 40.1 Å². The largest absolute Gasteiger partial charge is 0.493 e. The number of aromatic nitrogens is 1. The molecular formula is C23H20ClNO5. The Kier molecular flexibility index (Phi) is 5.26. The minimum absolute atomic E-state index is 0.0607. The van der Waals surface area contributed by atoms with Crippen LogP contribution < -0.4 is 18.9 Å². The molecule has 3 aromatic rings. The summed E-state index contributed by atoms with van der Waals surface area (Å²) in [6.45, 7) is 0. The lowest BCUT2D eigenvalue weighted by Gasteiger charge is -2.10. The van der Waals surface area contributed by atoms with Crippen molar-refractivity contribution in [2.45, 2.75) is 6.42 Å². The third-order valence-electron chi connectivity index (χ3n) is 5.18. The van der Waals surface area contributed by atoms with Crippen molar-refractivity contribution >= 4 is 34.4 Å². The van der Waals surface area contributed by atoms with Crippen molar-refractivity contribution in [3.8, 4) is 23.0 Å². The molecule has 1 aliphatic carbocycles. The maximum atomic E-state index is 13.0. The summed E-state index contributed by atoms with van der Waals surface area (Å²) in [6.07, 6.45) is 2.20. The van der Waals surface area contributed by atoms with Gasteiger partial charge in [0.1, 0.15) is 5.15 Å². The molecule has 0 saturated heterocycles. The molecule has 0 unspecified atom stereocenters. The second kappa shape index (κ2) is 7.88. The zero-order chi connectivity index (χ0) is 21.4. The molecule has 0 amide bonds. The Morgan fingerprint density at radius 2 is 1.63 bits per heavy atom. The van der Waals surface area contributed by atoms with Crippen molar-refractivity contribution in [1.29, 1.82) is 0 Å². The quantitative estimate of drug-likeness (QED) is 0.434. The molecule has 0 saturated carbocycles. The first-order chi connectivity index (χ1) is 14.5. The molecule has 0 fully saturated rings. The summed E-state index contributed by atoms with van der Waals surface area (Å²) < 4.78 is 21.5. The number of Topliss-reactive ketones (excluding diaryl/α,β-unsaturated/α-hetero) is 1. The number of nitrogens with zero attached hydrogens (tertiary/aromatic N) is 1. The molecular weight excluding hydrogens is 406 g/mol. The molecule has 0 N–H and O–H groups in total. The molecule has 1 aliphatic rings. The van der Waals surface area contributed by atoms with Crippen molar-refractivity contribution in [3.05, 3.63) is 57.7 Å². The minimum atomic E-state index is -0.0607. The number of ketones is 1. The zero-order valence-corrected chi connectivity index (χ0v) is 17.8. The predicted octanol–water partition coefficient (Wildman–Crippen LogP) is 4.75. The molecule has 1 heterocycles. The van der Waals surface area contributed by atoms with Crippen molar-refractivity contribution < 1.29 is 23.7 Å². The van der Waals surface area contributed by atoms with Gasteiger partial charge in [-0.1, -0.05) is 11.6 Å². The Morgan fingerprint density at radius 1 is 0.933 bits per heavy atom. The number of pyridine rings is 1. The topological polar surface area (TPSA) is 66.9 Å². The summed E-state index contributed by atoms with van der Waals surface area (Å²) in [6, 6.07) is 8.98. The van der Waals surface area contributed by atoms with Crippen molar-refractivity contribution in [2.75, 3.05) is 28.4 Å². The average molecular weight is 426 g/mol. The summed E-state index contributed by atoms with van der Waals surface area (Å²) in [5.41, 5.74) is 3.35.